The Bertz CT molecular complexity index is 714. The second kappa shape index (κ2) is 6.63. The van der Waals surface area contributed by atoms with Crippen LogP contribution < -0.4 is 0 Å². The number of thiazole rings is 1. The molecule has 3 unspecified atom stereocenters. The third-order valence-electron chi connectivity index (χ3n) is 5.23. The van der Waals surface area contributed by atoms with E-state index in [2.05, 4.69) is 28.3 Å². The number of hydrogen-bond acceptors (Lipinski definition) is 4. The molecule has 1 aliphatic heterocycles. The molecule has 1 aliphatic carbocycles. The second-order valence-corrected chi connectivity index (χ2v) is 7.78. The standard InChI is InChI=1S/C19H23N3OS/c1-2-15-12-24-18(21-15)14-6-4-8-22(11-14)19(23)17-9-16(17)13-5-3-7-20-10-13/h3,5,7,10,12,14,16-17H,2,4,6,8-9,11H2,1H3. The highest BCUT2D eigenvalue weighted by atomic mass is 32.1. The number of carbonyl (C=O) groups excluding carboxylic acids is 1. The van der Waals surface area contributed by atoms with Crippen LogP contribution in [-0.2, 0) is 11.2 Å². The summed E-state index contributed by atoms with van der Waals surface area (Å²) in [6, 6.07) is 4.05. The summed E-state index contributed by atoms with van der Waals surface area (Å²) < 4.78 is 0. The summed E-state index contributed by atoms with van der Waals surface area (Å²) in [7, 11) is 0. The summed E-state index contributed by atoms with van der Waals surface area (Å²) >= 11 is 1.76. The van der Waals surface area contributed by atoms with Crippen LogP contribution in [-0.4, -0.2) is 33.9 Å². The van der Waals surface area contributed by atoms with Gasteiger partial charge in [0, 0.05) is 42.7 Å². The minimum absolute atomic E-state index is 0.162. The summed E-state index contributed by atoms with van der Waals surface area (Å²) in [6.07, 6.45) is 7.89. The monoisotopic (exact) mass is 341 g/mol. The number of aromatic nitrogens is 2. The third kappa shape index (κ3) is 3.09. The molecule has 0 bridgehead atoms. The maximum Gasteiger partial charge on any atom is 0.226 e. The lowest BCUT2D eigenvalue weighted by Crippen LogP contribution is -2.40. The van der Waals surface area contributed by atoms with Crippen molar-refractivity contribution in [2.75, 3.05) is 13.1 Å². The molecule has 1 amide bonds. The molecule has 0 N–H and O–H groups in total. The Hall–Kier alpha value is -1.75. The first-order chi connectivity index (χ1) is 11.8. The van der Waals surface area contributed by atoms with Crippen molar-refractivity contribution >= 4 is 17.2 Å². The molecule has 0 aromatic carbocycles. The van der Waals surface area contributed by atoms with Crippen molar-refractivity contribution in [2.24, 2.45) is 5.92 Å². The first-order valence-corrected chi connectivity index (χ1v) is 9.77. The van der Waals surface area contributed by atoms with Crippen LogP contribution in [0.3, 0.4) is 0 Å². The van der Waals surface area contributed by atoms with Crippen LogP contribution in [0.5, 0.6) is 0 Å². The first kappa shape index (κ1) is 15.8. The van der Waals surface area contributed by atoms with Gasteiger partial charge in [-0.2, -0.15) is 0 Å². The summed E-state index contributed by atoms with van der Waals surface area (Å²) in [5.74, 6) is 1.29. The number of aryl methyl sites for hydroxylation is 1. The molecule has 0 radical (unpaired) electrons. The van der Waals surface area contributed by atoms with Crippen LogP contribution in [0.2, 0.25) is 0 Å². The highest BCUT2D eigenvalue weighted by Gasteiger charge is 2.46. The van der Waals surface area contributed by atoms with Crippen LogP contribution in [0, 0.1) is 5.92 Å². The lowest BCUT2D eigenvalue weighted by Gasteiger charge is -2.32. The van der Waals surface area contributed by atoms with Crippen molar-refractivity contribution in [1.82, 2.24) is 14.9 Å². The Morgan fingerprint density at radius 2 is 2.38 bits per heavy atom. The fraction of sp³-hybridized carbons (Fsp3) is 0.526. The number of nitrogens with zero attached hydrogens (tertiary/aromatic N) is 3. The minimum atomic E-state index is 0.162. The van der Waals surface area contributed by atoms with Gasteiger partial charge in [-0.15, -0.1) is 11.3 Å². The Labute approximate surface area is 146 Å². The number of piperidine rings is 1. The average Bonchev–Trinajstić information content (AvgIpc) is 3.30. The Kier molecular flexibility index (Phi) is 4.35. The fourth-order valence-corrected chi connectivity index (χ4v) is 4.75. The van der Waals surface area contributed by atoms with E-state index in [0.29, 0.717) is 17.7 Å². The van der Waals surface area contributed by atoms with E-state index in [9.17, 15) is 4.79 Å². The van der Waals surface area contributed by atoms with Gasteiger partial charge in [0.05, 0.1) is 10.7 Å². The van der Waals surface area contributed by atoms with Crippen molar-refractivity contribution in [3.05, 3.63) is 46.2 Å². The van der Waals surface area contributed by atoms with Crippen LogP contribution >= 0.6 is 11.3 Å². The van der Waals surface area contributed by atoms with Gasteiger partial charge in [-0.05, 0) is 43.2 Å². The van der Waals surface area contributed by atoms with Crippen molar-refractivity contribution in [2.45, 2.75) is 44.4 Å². The van der Waals surface area contributed by atoms with Gasteiger partial charge in [0.1, 0.15) is 0 Å². The molecule has 1 saturated heterocycles. The molecule has 2 aromatic heterocycles. The molecule has 1 saturated carbocycles. The van der Waals surface area contributed by atoms with Gasteiger partial charge in [-0.25, -0.2) is 4.98 Å². The molecule has 0 spiro atoms. The second-order valence-electron chi connectivity index (χ2n) is 6.89. The van der Waals surface area contributed by atoms with E-state index in [1.165, 1.54) is 16.3 Å². The van der Waals surface area contributed by atoms with Gasteiger partial charge in [-0.1, -0.05) is 13.0 Å². The third-order valence-corrected chi connectivity index (χ3v) is 6.29. The molecule has 2 aromatic rings. The van der Waals surface area contributed by atoms with Crippen molar-refractivity contribution in [3.8, 4) is 0 Å². The Morgan fingerprint density at radius 3 is 3.12 bits per heavy atom. The topological polar surface area (TPSA) is 46.1 Å². The van der Waals surface area contributed by atoms with E-state index in [-0.39, 0.29) is 5.92 Å². The molecule has 4 rings (SSSR count). The van der Waals surface area contributed by atoms with Crippen LogP contribution in [0.15, 0.2) is 29.9 Å². The van der Waals surface area contributed by atoms with E-state index >= 15 is 0 Å². The molecular formula is C19H23N3OS. The van der Waals surface area contributed by atoms with Crippen molar-refractivity contribution in [3.63, 3.8) is 0 Å². The summed E-state index contributed by atoms with van der Waals surface area (Å²) in [4.78, 5) is 23.9. The van der Waals surface area contributed by atoms with Gasteiger partial charge in [0.25, 0.3) is 0 Å². The zero-order valence-corrected chi connectivity index (χ0v) is 14.8. The molecule has 3 heterocycles. The maximum atomic E-state index is 12.9. The molecule has 24 heavy (non-hydrogen) atoms. The van der Waals surface area contributed by atoms with E-state index in [1.54, 1.807) is 17.5 Å². The van der Waals surface area contributed by atoms with Gasteiger partial charge >= 0.3 is 0 Å². The largest absolute Gasteiger partial charge is 0.342 e. The van der Waals surface area contributed by atoms with Crippen LogP contribution in [0.25, 0.3) is 0 Å². The number of carbonyl (C=O) groups is 1. The minimum Gasteiger partial charge on any atom is -0.342 e. The fourth-order valence-electron chi connectivity index (χ4n) is 3.72. The zero-order valence-electron chi connectivity index (χ0n) is 14.0. The zero-order chi connectivity index (χ0) is 16.5. The predicted molar refractivity (Wildman–Crippen MR) is 95.1 cm³/mol. The summed E-state index contributed by atoms with van der Waals surface area (Å²) in [6.45, 7) is 3.88. The van der Waals surface area contributed by atoms with Gasteiger partial charge < -0.3 is 4.90 Å². The highest BCUT2D eigenvalue weighted by Crippen LogP contribution is 2.48. The van der Waals surface area contributed by atoms with E-state index in [0.717, 1.165) is 38.8 Å². The van der Waals surface area contributed by atoms with Gasteiger partial charge in [0.2, 0.25) is 5.91 Å². The van der Waals surface area contributed by atoms with Crippen LogP contribution in [0.4, 0.5) is 0 Å². The van der Waals surface area contributed by atoms with E-state index in [4.69, 9.17) is 4.98 Å². The van der Waals surface area contributed by atoms with E-state index in [1.807, 2.05) is 12.3 Å². The number of likely N-dealkylation sites (tertiary alicyclic amines) is 1. The van der Waals surface area contributed by atoms with E-state index < -0.39 is 0 Å². The van der Waals surface area contributed by atoms with Crippen molar-refractivity contribution in [1.29, 1.82) is 0 Å². The van der Waals surface area contributed by atoms with Gasteiger partial charge in [0.15, 0.2) is 0 Å². The molecule has 126 valence electrons. The average molecular weight is 341 g/mol. The highest BCUT2D eigenvalue weighted by molar-refractivity contribution is 7.09. The van der Waals surface area contributed by atoms with Crippen LogP contribution in [0.1, 0.15) is 54.3 Å². The smallest absolute Gasteiger partial charge is 0.226 e. The normalized spacial score (nSPS) is 26.4. The lowest BCUT2D eigenvalue weighted by molar-refractivity contribution is -0.133. The lowest BCUT2D eigenvalue weighted by atomic mass is 9.98. The first-order valence-electron chi connectivity index (χ1n) is 8.89. The van der Waals surface area contributed by atoms with Gasteiger partial charge in [-0.3, -0.25) is 9.78 Å². The SMILES string of the molecule is CCc1csc(C2CCCN(C(=O)C3CC3c3cccnc3)C2)n1. The maximum absolute atomic E-state index is 12.9. The summed E-state index contributed by atoms with van der Waals surface area (Å²) in [5, 5.41) is 3.37. The summed E-state index contributed by atoms with van der Waals surface area (Å²) in [5.41, 5.74) is 2.38. The number of hydrogen-bond donors (Lipinski definition) is 0. The molecular weight excluding hydrogens is 318 g/mol. The molecule has 2 fully saturated rings. The molecule has 4 nitrogen and oxygen atoms in total. The molecule has 2 aliphatic rings. The number of pyridine rings is 1. The molecule has 3 atom stereocenters. The molecule has 5 heteroatoms. The quantitative estimate of drug-likeness (QED) is 0.853. The Morgan fingerprint density at radius 1 is 1.46 bits per heavy atom. The predicted octanol–water partition coefficient (Wildman–Crippen LogP) is 3.61. The van der Waals surface area contributed by atoms with Crippen molar-refractivity contribution < 1.29 is 4.79 Å². The Balaban J connectivity index is 1.40. The number of rotatable bonds is 4. The number of amides is 1.